The first kappa shape index (κ1) is 13.6. The van der Waals surface area contributed by atoms with Gasteiger partial charge in [-0.1, -0.05) is 0 Å². The van der Waals surface area contributed by atoms with Crippen LogP contribution in [0.3, 0.4) is 0 Å². The van der Waals surface area contributed by atoms with Crippen molar-refractivity contribution in [3.63, 3.8) is 0 Å². The Bertz CT molecular complexity index is 384. The lowest BCUT2D eigenvalue weighted by Crippen LogP contribution is -2.37. The second-order valence-corrected chi connectivity index (χ2v) is 5.63. The quantitative estimate of drug-likeness (QED) is 0.893. The summed E-state index contributed by atoms with van der Waals surface area (Å²) in [5.74, 6) is 2.87. The molecular formula is C15H26N2O. The van der Waals surface area contributed by atoms with Crippen LogP contribution in [0.2, 0.25) is 0 Å². The Hall–Kier alpha value is -0.800. The van der Waals surface area contributed by atoms with E-state index in [1.54, 1.807) is 0 Å². The van der Waals surface area contributed by atoms with Gasteiger partial charge in [0.1, 0.15) is 11.5 Å². The maximum Gasteiger partial charge on any atom is 0.105 e. The van der Waals surface area contributed by atoms with Crippen LogP contribution in [-0.2, 0) is 0 Å². The normalized spacial score (nSPS) is 23.2. The van der Waals surface area contributed by atoms with Crippen LogP contribution in [0.15, 0.2) is 10.5 Å². The molecule has 0 aromatic carbocycles. The van der Waals surface area contributed by atoms with E-state index in [4.69, 9.17) is 10.2 Å². The fourth-order valence-electron chi connectivity index (χ4n) is 3.18. The smallest absolute Gasteiger partial charge is 0.105 e. The third-order valence-electron chi connectivity index (χ3n) is 4.20. The number of hydrogen-bond acceptors (Lipinski definition) is 3. The molecule has 1 aromatic rings. The van der Waals surface area contributed by atoms with E-state index in [1.807, 2.05) is 6.92 Å². The highest BCUT2D eigenvalue weighted by molar-refractivity contribution is 5.23. The van der Waals surface area contributed by atoms with Crippen molar-refractivity contribution in [2.75, 3.05) is 19.6 Å². The third-order valence-corrected chi connectivity index (χ3v) is 4.20. The van der Waals surface area contributed by atoms with Gasteiger partial charge in [-0.2, -0.15) is 0 Å². The molecule has 2 unspecified atom stereocenters. The minimum atomic E-state index is 0.461. The van der Waals surface area contributed by atoms with Crippen LogP contribution >= 0.6 is 0 Å². The summed E-state index contributed by atoms with van der Waals surface area (Å²) in [6.45, 7) is 9.59. The molecule has 2 atom stereocenters. The fourth-order valence-corrected chi connectivity index (χ4v) is 3.18. The Morgan fingerprint density at radius 2 is 2.28 bits per heavy atom. The second-order valence-electron chi connectivity index (χ2n) is 5.63. The Balaban J connectivity index is 2.04. The minimum Gasteiger partial charge on any atom is -0.466 e. The van der Waals surface area contributed by atoms with Gasteiger partial charge < -0.3 is 10.2 Å². The number of piperidine rings is 1. The average Bonchev–Trinajstić information content (AvgIpc) is 2.68. The molecule has 3 nitrogen and oxygen atoms in total. The van der Waals surface area contributed by atoms with Gasteiger partial charge in [0, 0.05) is 18.2 Å². The van der Waals surface area contributed by atoms with E-state index in [0.29, 0.717) is 6.04 Å². The van der Waals surface area contributed by atoms with Crippen LogP contribution < -0.4 is 5.73 Å². The molecule has 1 aromatic heterocycles. The molecule has 0 aliphatic carbocycles. The summed E-state index contributed by atoms with van der Waals surface area (Å²) < 4.78 is 5.65. The van der Waals surface area contributed by atoms with Crippen LogP contribution in [0.5, 0.6) is 0 Å². The summed E-state index contributed by atoms with van der Waals surface area (Å²) in [5.41, 5.74) is 7.03. The van der Waals surface area contributed by atoms with Crippen molar-refractivity contribution >= 4 is 0 Å². The van der Waals surface area contributed by atoms with Crippen LogP contribution in [0.4, 0.5) is 0 Å². The van der Waals surface area contributed by atoms with E-state index >= 15 is 0 Å². The van der Waals surface area contributed by atoms with Crippen molar-refractivity contribution in [3.05, 3.63) is 23.2 Å². The molecule has 0 bridgehead atoms. The van der Waals surface area contributed by atoms with Gasteiger partial charge in [-0.15, -0.1) is 0 Å². The van der Waals surface area contributed by atoms with Gasteiger partial charge >= 0.3 is 0 Å². The molecule has 102 valence electrons. The van der Waals surface area contributed by atoms with Crippen molar-refractivity contribution in [2.24, 2.45) is 11.7 Å². The van der Waals surface area contributed by atoms with Crippen molar-refractivity contribution < 1.29 is 4.42 Å². The lowest BCUT2D eigenvalue weighted by Gasteiger charge is -2.36. The van der Waals surface area contributed by atoms with E-state index in [-0.39, 0.29) is 0 Å². The van der Waals surface area contributed by atoms with E-state index in [9.17, 15) is 0 Å². The summed E-state index contributed by atoms with van der Waals surface area (Å²) in [5, 5.41) is 0. The second kappa shape index (κ2) is 5.89. The van der Waals surface area contributed by atoms with E-state index in [0.717, 1.165) is 30.4 Å². The summed E-state index contributed by atoms with van der Waals surface area (Å²) in [6.07, 6.45) is 3.79. The maximum absolute atomic E-state index is 5.69. The van der Waals surface area contributed by atoms with Crippen molar-refractivity contribution in [3.8, 4) is 0 Å². The van der Waals surface area contributed by atoms with Gasteiger partial charge in [-0.05, 0) is 65.1 Å². The van der Waals surface area contributed by atoms with Crippen LogP contribution in [-0.4, -0.2) is 24.5 Å². The molecule has 0 radical (unpaired) electrons. The van der Waals surface area contributed by atoms with Gasteiger partial charge in [-0.3, -0.25) is 4.90 Å². The SMILES string of the molecule is Cc1cc(C(C)N2CCCC(CCN)C2)c(C)o1. The molecule has 2 rings (SSSR count). The number of nitrogens with zero attached hydrogens (tertiary/aromatic N) is 1. The highest BCUT2D eigenvalue weighted by Crippen LogP contribution is 2.30. The molecule has 1 fully saturated rings. The van der Waals surface area contributed by atoms with Gasteiger partial charge in [-0.25, -0.2) is 0 Å². The van der Waals surface area contributed by atoms with Gasteiger partial charge in [0.05, 0.1) is 0 Å². The zero-order chi connectivity index (χ0) is 13.1. The van der Waals surface area contributed by atoms with Crippen LogP contribution in [0, 0.1) is 19.8 Å². The fraction of sp³-hybridized carbons (Fsp3) is 0.733. The van der Waals surface area contributed by atoms with Gasteiger partial charge in [0.15, 0.2) is 0 Å². The van der Waals surface area contributed by atoms with E-state index in [1.165, 1.54) is 31.5 Å². The van der Waals surface area contributed by atoms with Gasteiger partial charge in [0.25, 0.3) is 0 Å². The number of aryl methyl sites for hydroxylation is 2. The van der Waals surface area contributed by atoms with Crippen molar-refractivity contribution in [1.29, 1.82) is 0 Å². The molecule has 0 spiro atoms. The molecular weight excluding hydrogens is 224 g/mol. The monoisotopic (exact) mass is 250 g/mol. The molecule has 18 heavy (non-hydrogen) atoms. The number of nitrogens with two attached hydrogens (primary N) is 1. The average molecular weight is 250 g/mol. The standard InChI is InChI=1S/C15H26N2O/c1-11-9-15(13(3)18-11)12(2)17-8-4-5-14(10-17)6-7-16/h9,12,14H,4-8,10,16H2,1-3H3. The molecule has 1 saturated heterocycles. The topological polar surface area (TPSA) is 42.4 Å². The zero-order valence-corrected chi connectivity index (χ0v) is 11.9. The predicted octanol–water partition coefficient (Wildman–Crippen LogP) is 3.02. The van der Waals surface area contributed by atoms with Gasteiger partial charge in [0.2, 0.25) is 0 Å². The third kappa shape index (κ3) is 2.96. The highest BCUT2D eigenvalue weighted by atomic mass is 16.3. The van der Waals surface area contributed by atoms with Crippen molar-refractivity contribution in [1.82, 2.24) is 4.90 Å². The Kier molecular flexibility index (Phi) is 4.46. The van der Waals surface area contributed by atoms with E-state index < -0.39 is 0 Å². The molecule has 0 saturated carbocycles. The first-order valence-electron chi connectivity index (χ1n) is 7.13. The first-order valence-corrected chi connectivity index (χ1v) is 7.13. The summed E-state index contributed by atoms with van der Waals surface area (Å²) in [4.78, 5) is 2.58. The Morgan fingerprint density at radius 1 is 1.50 bits per heavy atom. The number of rotatable bonds is 4. The summed E-state index contributed by atoms with van der Waals surface area (Å²) in [7, 11) is 0. The molecule has 1 aliphatic heterocycles. The number of hydrogen-bond donors (Lipinski definition) is 1. The van der Waals surface area contributed by atoms with Crippen LogP contribution in [0.1, 0.15) is 49.3 Å². The lowest BCUT2D eigenvalue weighted by molar-refractivity contribution is 0.127. The molecule has 3 heteroatoms. The summed E-state index contributed by atoms with van der Waals surface area (Å²) >= 11 is 0. The maximum atomic E-state index is 5.69. The Labute approximate surface area is 110 Å². The first-order chi connectivity index (χ1) is 8.61. The highest BCUT2D eigenvalue weighted by Gasteiger charge is 2.25. The molecule has 2 heterocycles. The molecule has 1 aliphatic rings. The summed E-state index contributed by atoms with van der Waals surface area (Å²) in [6, 6.07) is 2.65. The largest absolute Gasteiger partial charge is 0.466 e. The number of likely N-dealkylation sites (tertiary alicyclic amines) is 1. The predicted molar refractivity (Wildman–Crippen MR) is 74.6 cm³/mol. The molecule has 2 N–H and O–H groups in total. The minimum absolute atomic E-state index is 0.461. The van der Waals surface area contributed by atoms with Crippen LogP contribution in [0.25, 0.3) is 0 Å². The zero-order valence-electron chi connectivity index (χ0n) is 11.9. The number of furan rings is 1. The molecule has 0 amide bonds. The van der Waals surface area contributed by atoms with Crippen molar-refractivity contribution in [2.45, 2.75) is 46.1 Å². The lowest BCUT2D eigenvalue weighted by atomic mass is 9.93. The Morgan fingerprint density at radius 3 is 2.89 bits per heavy atom. The van der Waals surface area contributed by atoms with E-state index in [2.05, 4.69) is 24.8 Å².